The number of nitrogens with zero attached hydrogens (tertiary/aromatic N) is 2. The van der Waals surface area contributed by atoms with Gasteiger partial charge in [-0.15, -0.1) is 0 Å². The number of fused-ring (bicyclic) bond motifs is 5. The van der Waals surface area contributed by atoms with Crippen molar-refractivity contribution in [2.75, 3.05) is 6.61 Å². The zero-order chi connectivity index (χ0) is 18.5. The molecule has 0 amide bonds. The van der Waals surface area contributed by atoms with Gasteiger partial charge in [0.2, 0.25) is 0 Å². The fraction of sp³-hybridized carbons (Fsp3) is 0.391. The summed E-state index contributed by atoms with van der Waals surface area (Å²) in [6.45, 7) is 6.12. The SMILES string of the molecule is CCCc1c2c(nc3ccccc13)-c1cc3c(c(=O)n1C2)COCC3CC. The van der Waals surface area contributed by atoms with Gasteiger partial charge in [0.1, 0.15) is 0 Å². The summed E-state index contributed by atoms with van der Waals surface area (Å²) in [6.07, 6.45) is 3.07. The molecule has 5 rings (SSSR count). The van der Waals surface area contributed by atoms with Crippen LogP contribution in [0.1, 0.15) is 54.9 Å². The first-order valence-electron chi connectivity index (χ1n) is 9.98. The first-order valence-corrected chi connectivity index (χ1v) is 9.98. The van der Waals surface area contributed by atoms with Gasteiger partial charge in [0.15, 0.2) is 0 Å². The standard InChI is InChI=1S/C23H24N2O2/c1-3-7-15-16-8-5-6-9-20(16)24-22-18(15)11-25-21(22)10-17-14(4-2)12-27-13-19(17)23(25)26/h5-6,8-10,14H,3-4,7,11-13H2,1-2H3. The topological polar surface area (TPSA) is 44.1 Å². The molecule has 0 radical (unpaired) electrons. The van der Waals surface area contributed by atoms with E-state index in [9.17, 15) is 4.79 Å². The van der Waals surface area contributed by atoms with Gasteiger partial charge in [-0.3, -0.25) is 4.79 Å². The molecule has 0 aliphatic carbocycles. The average Bonchev–Trinajstić information content (AvgIpc) is 3.06. The Hall–Kier alpha value is -2.46. The van der Waals surface area contributed by atoms with Gasteiger partial charge in [0, 0.05) is 22.4 Å². The van der Waals surface area contributed by atoms with Gasteiger partial charge < -0.3 is 9.30 Å². The fourth-order valence-electron chi connectivity index (χ4n) is 4.70. The lowest BCUT2D eigenvalue weighted by Crippen LogP contribution is -2.30. The minimum atomic E-state index is 0.102. The normalized spacial score (nSPS) is 17.6. The van der Waals surface area contributed by atoms with Crippen LogP contribution in [0.15, 0.2) is 35.1 Å². The van der Waals surface area contributed by atoms with Crippen molar-refractivity contribution in [3.05, 3.63) is 62.9 Å². The highest BCUT2D eigenvalue weighted by molar-refractivity contribution is 5.88. The number of rotatable bonds is 3. The van der Waals surface area contributed by atoms with Crippen molar-refractivity contribution in [1.29, 1.82) is 0 Å². The molecule has 27 heavy (non-hydrogen) atoms. The van der Waals surface area contributed by atoms with Crippen LogP contribution in [0, 0.1) is 0 Å². The van der Waals surface area contributed by atoms with Crippen molar-refractivity contribution >= 4 is 10.9 Å². The second-order valence-corrected chi connectivity index (χ2v) is 7.66. The first-order chi connectivity index (χ1) is 13.2. The van der Waals surface area contributed by atoms with Crippen molar-refractivity contribution in [2.45, 2.75) is 52.2 Å². The average molecular weight is 360 g/mol. The molecule has 3 aromatic rings. The van der Waals surface area contributed by atoms with E-state index in [1.807, 2.05) is 10.6 Å². The third kappa shape index (κ3) is 2.39. The molecule has 4 nitrogen and oxygen atoms in total. The number of para-hydroxylation sites is 1. The number of hydrogen-bond acceptors (Lipinski definition) is 3. The summed E-state index contributed by atoms with van der Waals surface area (Å²) in [4.78, 5) is 18.2. The van der Waals surface area contributed by atoms with Gasteiger partial charge in [0.05, 0.1) is 36.7 Å². The second kappa shape index (κ2) is 6.31. The lowest BCUT2D eigenvalue weighted by Gasteiger charge is -2.25. The molecule has 0 fully saturated rings. The Morgan fingerprint density at radius 3 is 2.89 bits per heavy atom. The lowest BCUT2D eigenvalue weighted by molar-refractivity contribution is 0.0885. The van der Waals surface area contributed by atoms with Gasteiger partial charge in [-0.05, 0) is 36.1 Å². The number of pyridine rings is 2. The second-order valence-electron chi connectivity index (χ2n) is 7.66. The van der Waals surface area contributed by atoms with Crippen molar-refractivity contribution < 1.29 is 4.74 Å². The number of ether oxygens (including phenoxy) is 1. The van der Waals surface area contributed by atoms with Crippen LogP contribution in [-0.4, -0.2) is 16.2 Å². The molecule has 2 aliphatic heterocycles. The first kappa shape index (κ1) is 16.7. The van der Waals surface area contributed by atoms with E-state index < -0.39 is 0 Å². The Bertz CT molecular complexity index is 1110. The quantitative estimate of drug-likeness (QED) is 0.544. The summed E-state index contributed by atoms with van der Waals surface area (Å²) in [5.41, 5.74) is 7.69. The zero-order valence-corrected chi connectivity index (χ0v) is 15.9. The molecule has 0 saturated heterocycles. The summed E-state index contributed by atoms with van der Waals surface area (Å²) in [5, 5.41) is 1.22. The number of aromatic nitrogens is 2. The Labute approximate surface area is 158 Å². The zero-order valence-electron chi connectivity index (χ0n) is 15.9. The van der Waals surface area contributed by atoms with Crippen molar-refractivity contribution in [1.82, 2.24) is 9.55 Å². The highest BCUT2D eigenvalue weighted by atomic mass is 16.5. The number of benzene rings is 1. The molecule has 1 aromatic carbocycles. The van der Waals surface area contributed by atoms with Crippen LogP contribution in [0.4, 0.5) is 0 Å². The van der Waals surface area contributed by atoms with E-state index in [4.69, 9.17) is 9.72 Å². The smallest absolute Gasteiger partial charge is 0.257 e. The minimum absolute atomic E-state index is 0.102. The van der Waals surface area contributed by atoms with E-state index >= 15 is 0 Å². The van der Waals surface area contributed by atoms with Crippen LogP contribution in [0.2, 0.25) is 0 Å². The molecular formula is C23H24N2O2. The lowest BCUT2D eigenvalue weighted by atomic mass is 9.91. The van der Waals surface area contributed by atoms with E-state index in [0.717, 1.165) is 41.7 Å². The molecule has 138 valence electrons. The van der Waals surface area contributed by atoms with Crippen LogP contribution < -0.4 is 5.56 Å². The van der Waals surface area contributed by atoms with Gasteiger partial charge in [-0.1, -0.05) is 38.5 Å². The van der Waals surface area contributed by atoms with E-state index in [-0.39, 0.29) is 5.56 Å². The number of aryl methyl sites for hydroxylation is 1. The van der Waals surface area contributed by atoms with Gasteiger partial charge in [0.25, 0.3) is 5.56 Å². The highest BCUT2D eigenvalue weighted by Crippen LogP contribution is 2.38. The molecule has 0 spiro atoms. The van der Waals surface area contributed by atoms with Crippen molar-refractivity contribution in [2.24, 2.45) is 0 Å². The fourth-order valence-corrected chi connectivity index (χ4v) is 4.70. The van der Waals surface area contributed by atoms with Gasteiger partial charge >= 0.3 is 0 Å². The Balaban J connectivity index is 1.80. The third-order valence-electron chi connectivity index (χ3n) is 6.10. The van der Waals surface area contributed by atoms with E-state index in [1.165, 1.54) is 22.1 Å². The molecule has 4 heteroatoms. The summed E-state index contributed by atoms with van der Waals surface area (Å²) in [6, 6.07) is 10.6. The summed E-state index contributed by atoms with van der Waals surface area (Å²) >= 11 is 0. The Kier molecular flexibility index (Phi) is 3.90. The molecule has 2 aliphatic rings. The van der Waals surface area contributed by atoms with Crippen molar-refractivity contribution in [3.8, 4) is 11.4 Å². The predicted octanol–water partition coefficient (Wildman–Crippen LogP) is 4.40. The minimum Gasteiger partial charge on any atom is -0.376 e. The van der Waals surface area contributed by atoms with Crippen molar-refractivity contribution in [3.63, 3.8) is 0 Å². The van der Waals surface area contributed by atoms with E-state index in [2.05, 4.69) is 38.1 Å². The molecular weight excluding hydrogens is 336 g/mol. The summed E-state index contributed by atoms with van der Waals surface area (Å²) < 4.78 is 7.63. The largest absolute Gasteiger partial charge is 0.376 e. The maximum atomic E-state index is 13.3. The molecule has 1 unspecified atom stereocenters. The Morgan fingerprint density at radius 2 is 2.07 bits per heavy atom. The van der Waals surface area contributed by atoms with Gasteiger partial charge in [-0.25, -0.2) is 4.98 Å². The molecule has 2 aromatic heterocycles. The van der Waals surface area contributed by atoms with Gasteiger partial charge in [-0.2, -0.15) is 0 Å². The molecule has 1 atom stereocenters. The maximum absolute atomic E-state index is 13.3. The third-order valence-corrected chi connectivity index (χ3v) is 6.10. The molecule has 0 saturated carbocycles. The maximum Gasteiger partial charge on any atom is 0.257 e. The molecule has 0 N–H and O–H groups in total. The predicted molar refractivity (Wildman–Crippen MR) is 107 cm³/mol. The van der Waals surface area contributed by atoms with Crippen LogP contribution in [0.25, 0.3) is 22.3 Å². The number of hydrogen-bond donors (Lipinski definition) is 0. The van der Waals surface area contributed by atoms with Crippen LogP contribution >= 0.6 is 0 Å². The Morgan fingerprint density at radius 1 is 1.22 bits per heavy atom. The summed E-state index contributed by atoms with van der Waals surface area (Å²) in [5.74, 6) is 0.298. The molecule has 0 bridgehead atoms. The highest BCUT2D eigenvalue weighted by Gasteiger charge is 2.30. The van der Waals surface area contributed by atoms with Crippen LogP contribution in [0.5, 0.6) is 0 Å². The monoisotopic (exact) mass is 360 g/mol. The molecule has 4 heterocycles. The van der Waals surface area contributed by atoms with Crippen LogP contribution in [0.3, 0.4) is 0 Å². The van der Waals surface area contributed by atoms with E-state index in [1.54, 1.807) is 0 Å². The summed E-state index contributed by atoms with van der Waals surface area (Å²) in [7, 11) is 0. The van der Waals surface area contributed by atoms with Crippen LogP contribution in [-0.2, 0) is 24.3 Å². The van der Waals surface area contributed by atoms with E-state index in [0.29, 0.717) is 25.7 Å².